The lowest BCUT2D eigenvalue weighted by atomic mass is 10.1. The summed E-state index contributed by atoms with van der Waals surface area (Å²) in [6.07, 6.45) is 3.21. The molecule has 0 bridgehead atoms. The van der Waals surface area contributed by atoms with Crippen molar-refractivity contribution in [2.45, 2.75) is 32.4 Å². The summed E-state index contributed by atoms with van der Waals surface area (Å²) in [4.78, 5) is 32.5. The van der Waals surface area contributed by atoms with Crippen molar-refractivity contribution in [1.29, 1.82) is 0 Å². The van der Waals surface area contributed by atoms with Gasteiger partial charge in [0.15, 0.2) is 0 Å². The minimum atomic E-state index is -0.369. The zero-order valence-electron chi connectivity index (χ0n) is 16.1. The van der Waals surface area contributed by atoms with Gasteiger partial charge < -0.3 is 10.2 Å². The van der Waals surface area contributed by atoms with Crippen LogP contribution in [0.5, 0.6) is 0 Å². The summed E-state index contributed by atoms with van der Waals surface area (Å²) in [7, 11) is 0. The summed E-state index contributed by atoms with van der Waals surface area (Å²) in [6, 6.07) is 13.5. The van der Waals surface area contributed by atoms with Gasteiger partial charge in [0.2, 0.25) is 11.9 Å². The topological polar surface area (TPSA) is 67.2 Å². The Morgan fingerprint density at radius 1 is 1.03 bits per heavy atom. The number of aromatic nitrogens is 2. The maximum Gasteiger partial charge on any atom is 0.263 e. The molecule has 7 heteroatoms. The van der Waals surface area contributed by atoms with Crippen LogP contribution in [0.15, 0.2) is 53.3 Å². The van der Waals surface area contributed by atoms with Crippen LogP contribution in [0.4, 0.5) is 10.3 Å². The maximum atomic E-state index is 13.8. The fraction of sp³-hybridized carbons (Fsp3) is 0.318. The molecular formula is C22H23FN4O2. The standard InChI is InChI=1S/C22H23FN4O2/c23-18-10-4-2-8-16(18)14-24-20(28)15-27-21(29)17-9-3-5-11-19(17)25-22(27)26-12-6-1-7-13-26/h2-5,8-11H,1,6-7,12-15H2,(H,24,28). The molecule has 1 fully saturated rings. The molecule has 0 unspecified atom stereocenters. The number of nitrogens with zero attached hydrogens (tertiary/aromatic N) is 3. The molecule has 1 saturated heterocycles. The first kappa shape index (κ1) is 19.1. The molecule has 1 amide bonds. The number of anilines is 1. The average Bonchev–Trinajstić information content (AvgIpc) is 2.75. The number of carbonyl (C=O) groups is 1. The van der Waals surface area contributed by atoms with E-state index in [1.165, 1.54) is 10.6 Å². The summed E-state index contributed by atoms with van der Waals surface area (Å²) >= 11 is 0. The molecule has 1 N–H and O–H groups in total. The molecular weight excluding hydrogens is 371 g/mol. The Bertz CT molecular complexity index is 1090. The van der Waals surface area contributed by atoms with Crippen LogP contribution >= 0.6 is 0 Å². The summed E-state index contributed by atoms with van der Waals surface area (Å²) in [5, 5.41) is 3.19. The number of carbonyl (C=O) groups excluding carboxylic acids is 1. The third kappa shape index (κ3) is 4.13. The van der Waals surface area contributed by atoms with Crippen molar-refractivity contribution in [3.8, 4) is 0 Å². The smallest absolute Gasteiger partial charge is 0.263 e. The van der Waals surface area contributed by atoms with Gasteiger partial charge in [0.05, 0.1) is 10.9 Å². The number of hydrogen-bond donors (Lipinski definition) is 1. The molecule has 0 radical (unpaired) electrons. The molecule has 6 nitrogen and oxygen atoms in total. The Labute approximate surface area is 168 Å². The molecule has 3 aromatic rings. The first-order valence-electron chi connectivity index (χ1n) is 9.88. The second kappa shape index (κ2) is 8.43. The highest BCUT2D eigenvalue weighted by Crippen LogP contribution is 2.19. The van der Waals surface area contributed by atoms with Crippen molar-refractivity contribution < 1.29 is 9.18 Å². The molecule has 0 saturated carbocycles. The van der Waals surface area contributed by atoms with Crippen LogP contribution in [0.2, 0.25) is 0 Å². The van der Waals surface area contributed by atoms with Gasteiger partial charge in [0.1, 0.15) is 12.4 Å². The van der Waals surface area contributed by atoms with Crippen LogP contribution in [0.1, 0.15) is 24.8 Å². The number of nitrogens with one attached hydrogen (secondary N) is 1. The Hall–Kier alpha value is -3.22. The van der Waals surface area contributed by atoms with Gasteiger partial charge in [-0.3, -0.25) is 14.2 Å². The van der Waals surface area contributed by atoms with E-state index in [-0.39, 0.29) is 30.4 Å². The van der Waals surface area contributed by atoms with E-state index in [9.17, 15) is 14.0 Å². The molecule has 4 rings (SSSR count). The Morgan fingerprint density at radius 3 is 2.55 bits per heavy atom. The summed E-state index contributed by atoms with van der Waals surface area (Å²) in [6.45, 7) is 1.53. The number of para-hydroxylation sites is 1. The number of piperidine rings is 1. The predicted octanol–water partition coefficient (Wildman–Crippen LogP) is 2.84. The summed E-state index contributed by atoms with van der Waals surface area (Å²) in [5.74, 6) is -0.202. The Balaban J connectivity index is 1.62. The molecule has 1 aromatic heterocycles. The molecule has 150 valence electrons. The van der Waals surface area contributed by atoms with Gasteiger partial charge in [-0.25, -0.2) is 9.37 Å². The predicted molar refractivity (Wildman–Crippen MR) is 110 cm³/mol. The molecule has 0 spiro atoms. The largest absolute Gasteiger partial charge is 0.350 e. The van der Waals surface area contributed by atoms with Crippen molar-refractivity contribution in [1.82, 2.24) is 14.9 Å². The first-order chi connectivity index (χ1) is 14.1. The summed E-state index contributed by atoms with van der Waals surface area (Å²) in [5.41, 5.74) is 0.791. The molecule has 29 heavy (non-hydrogen) atoms. The molecule has 2 aromatic carbocycles. The highest BCUT2D eigenvalue weighted by molar-refractivity contribution is 5.80. The zero-order chi connectivity index (χ0) is 20.2. The highest BCUT2D eigenvalue weighted by atomic mass is 19.1. The van der Waals surface area contributed by atoms with Crippen molar-refractivity contribution >= 4 is 22.8 Å². The molecule has 0 atom stereocenters. The third-order valence-corrected chi connectivity index (χ3v) is 5.22. The number of amides is 1. The Kier molecular flexibility index (Phi) is 5.55. The lowest BCUT2D eigenvalue weighted by Crippen LogP contribution is -2.39. The van der Waals surface area contributed by atoms with Gasteiger partial charge >= 0.3 is 0 Å². The lowest BCUT2D eigenvalue weighted by molar-refractivity contribution is -0.121. The minimum Gasteiger partial charge on any atom is -0.350 e. The molecule has 1 aliphatic heterocycles. The lowest BCUT2D eigenvalue weighted by Gasteiger charge is -2.29. The van der Waals surface area contributed by atoms with Crippen molar-refractivity contribution in [2.24, 2.45) is 0 Å². The van der Waals surface area contributed by atoms with E-state index in [1.807, 2.05) is 12.1 Å². The molecule has 1 aliphatic rings. The average molecular weight is 394 g/mol. The van der Waals surface area contributed by atoms with E-state index in [0.29, 0.717) is 22.4 Å². The van der Waals surface area contributed by atoms with Gasteiger partial charge in [-0.1, -0.05) is 30.3 Å². The highest BCUT2D eigenvalue weighted by Gasteiger charge is 2.20. The monoisotopic (exact) mass is 394 g/mol. The SMILES string of the molecule is O=C(Cn1c(N2CCCCC2)nc2ccccc2c1=O)NCc1ccccc1F. The van der Waals surface area contributed by atoms with Crippen LogP contribution in [0.3, 0.4) is 0 Å². The van der Waals surface area contributed by atoms with Gasteiger partial charge in [-0.05, 0) is 37.5 Å². The fourth-order valence-corrected chi connectivity index (χ4v) is 3.67. The quantitative estimate of drug-likeness (QED) is 0.723. The van der Waals surface area contributed by atoms with E-state index in [1.54, 1.807) is 30.3 Å². The second-order valence-corrected chi connectivity index (χ2v) is 7.24. The van der Waals surface area contributed by atoms with Crippen molar-refractivity contribution in [3.05, 3.63) is 70.3 Å². The number of benzene rings is 2. The normalized spacial score (nSPS) is 14.2. The molecule has 0 aliphatic carbocycles. The maximum absolute atomic E-state index is 13.8. The third-order valence-electron chi connectivity index (χ3n) is 5.22. The first-order valence-corrected chi connectivity index (χ1v) is 9.88. The second-order valence-electron chi connectivity index (χ2n) is 7.24. The van der Waals surface area contributed by atoms with Crippen molar-refractivity contribution in [2.75, 3.05) is 18.0 Å². The van der Waals surface area contributed by atoms with Crippen LogP contribution in [-0.2, 0) is 17.9 Å². The van der Waals surface area contributed by atoms with E-state index in [0.717, 1.165) is 32.4 Å². The van der Waals surface area contributed by atoms with Crippen LogP contribution in [-0.4, -0.2) is 28.5 Å². The number of fused-ring (bicyclic) bond motifs is 1. The number of halogens is 1. The fourth-order valence-electron chi connectivity index (χ4n) is 3.67. The van der Waals surface area contributed by atoms with Crippen molar-refractivity contribution in [3.63, 3.8) is 0 Å². The van der Waals surface area contributed by atoms with Gasteiger partial charge in [0, 0.05) is 25.2 Å². The minimum absolute atomic E-state index is 0.0698. The zero-order valence-corrected chi connectivity index (χ0v) is 16.1. The van der Waals surface area contributed by atoms with Crippen LogP contribution in [0.25, 0.3) is 10.9 Å². The van der Waals surface area contributed by atoms with Gasteiger partial charge in [-0.15, -0.1) is 0 Å². The van der Waals surface area contributed by atoms with E-state index in [4.69, 9.17) is 4.98 Å². The van der Waals surface area contributed by atoms with E-state index in [2.05, 4.69) is 10.2 Å². The summed E-state index contributed by atoms with van der Waals surface area (Å²) < 4.78 is 15.2. The van der Waals surface area contributed by atoms with Crippen LogP contribution in [0, 0.1) is 5.82 Å². The number of rotatable bonds is 5. The van der Waals surface area contributed by atoms with Gasteiger partial charge in [-0.2, -0.15) is 0 Å². The molecule has 2 heterocycles. The Morgan fingerprint density at radius 2 is 1.76 bits per heavy atom. The van der Waals surface area contributed by atoms with E-state index < -0.39 is 0 Å². The van der Waals surface area contributed by atoms with E-state index >= 15 is 0 Å². The van der Waals surface area contributed by atoms with Crippen LogP contribution < -0.4 is 15.8 Å². The van der Waals surface area contributed by atoms with Gasteiger partial charge in [0.25, 0.3) is 5.56 Å². The number of hydrogen-bond acceptors (Lipinski definition) is 4.